The Bertz CT molecular complexity index is 360. The summed E-state index contributed by atoms with van der Waals surface area (Å²) in [6.07, 6.45) is -4.11. The van der Waals surface area contributed by atoms with Crippen LogP contribution in [0.4, 0.5) is 24.5 Å². The molecular formula is C8H8ClF3N2O. The maximum atomic E-state index is 12.7. The first kappa shape index (κ1) is 11.8. The van der Waals surface area contributed by atoms with Gasteiger partial charge in [0.25, 0.3) is 5.63 Å². The quantitative estimate of drug-likeness (QED) is 0.630. The molecule has 0 saturated carbocycles. The number of nitrogen functional groups attached to an aromatic ring is 2. The van der Waals surface area contributed by atoms with Crippen molar-refractivity contribution in [2.24, 2.45) is 0 Å². The molecule has 0 radical (unpaired) electrons. The summed E-state index contributed by atoms with van der Waals surface area (Å²) in [6, 6.07) is 3.46. The van der Waals surface area contributed by atoms with Gasteiger partial charge in [0.2, 0.25) is 0 Å². The molecule has 3 nitrogen and oxygen atoms in total. The van der Waals surface area contributed by atoms with Gasteiger partial charge in [-0.2, -0.15) is 8.78 Å². The van der Waals surface area contributed by atoms with E-state index in [1.54, 1.807) is 0 Å². The van der Waals surface area contributed by atoms with Gasteiger partial charge in [-0.15, -0.1) is 0 Å². The Morgan fingerprint density at radius 1 is 1.27 bits per heavy atom. The van der Waals surface area contributed by atoms with Crippen LogP contribution in [0.3, 0.4) is 0 Å². The van der Waals surface area contributed by atoms with Gasteiger partial charge in [0.1, 0.15) is 5.75 Å². The highest BCUT2D eigenvalue weighted by Gasteiger charge is 2.42. The molecule has 0 saturated heterocycles. The number of nitrogens with two attached hydrogens (primary N) is 2. The molecule has 1 unspecified atom stereocenters. The fraction of sp³-hybridized carbons (Fsp3) is 0.250. The first-order valence-corrected chi connectivity index (χ1v) is 4.26. The first-order chi connectivity index (χ1) is 6.83. The summed E-state index contributed by atoms with van der Waals surface area (Å²) in [6.45, 7) is 0. The number of benzene rings is 1. The number of ether oxygens (including phenoxy) is 1. The second-order valence-electron chi connectivity index (χ2n) is 2.76. The topological polar surface area (TPSA) is 61.3 Å². The number of halogens is 4. The molecule has 15 heavy (non-hydrogen) atoms. The zero-order valence-corrected chi connectivity index (χ0v) is 8.14. The summed E-state index contributed by atoms with van der Waals surface area (Å²) in [5.74, 6) is -0.310. The predicted octanol–water partition coefficient (Wildman–Crippen LogP) is 2.36. The maximum absolute atomic E-state index is 12.7. The minimum Gasteiger partial charge on any atom is -0.429 e. The summed E-state index contributed by atoms with van der Waals surface area (Å²) in [4.78, 5) is 0. The number of hydrogen-bond acceptors (Lipinski definition) is 3. The number of alkyl halides is 4. The molecule has 4 N–H and O–H groups in total. The lowest BCUT2D eigenvalue weighted by Crippen LogP contribution is -2.32. The highest BCUT2D eigenvalue weighted by molar-refractivity contribution is 6.20. The van der Waals surface area contributed by atoms with Gasteiger partial charge in [-0.05, 0) is 12.1 Å². The average molecular weight is 241 g/mol. The van der Waals surface area contributed by atoms with Crippen LogP contribution in [0.2, 0.25) is 0 Å². The largest absolute Gasteiger partial charge is 0.444 e. The van der Waals surface area contributed by atoms with E-state index in [2.05, 4.69) is 16.3 Å². The molecule has 1 aromatic rings. The summed E-state index contributed by atoms with van der Waals surface area (Å²) in [7, 11) is 0. The lowest BCUT2D eigenvalue weighted by atomic mass is 10.2. The Balaban J connectivity index is 2.86. The third-order valence-corrected chi connectivity index (χ3v) is 1.82. The molecule has 1 atom stereocenters. The van der Waals surface area contributed by atoms with E-state index in [9.17, 15) is 13.2 Å². The van der Waals surface area contributed by atoms with Gasteiger partial charge in [0, 0.05) is 6.07 Å². The fourth-order valence-corrected chi connectivity index (χ4v) is 0.863. The van der Waals surface area contributed by atoms with Crippen LogP contribution in [0.1, 0.15) is 0 Å². The zero-order valence-electron chi connectivity index (χ0n) is 7.38. The van der Waals surface area contributed by atoms with Crippen molar-refractivity contribution < 1.29 is 17.9 Å². The van der Waals surface area contributed by atoms with E-state index >= 15 is 0 Å². The van der Waals surface area contributed by atoms with Gasteiger partial charge in [0.15, 0.2) is 0 Å². The van der Waals surface area contributed by atoms with Crippen LogP contribution in [0.5, 0.6) is 5.75 Å². The second kappa shape index (κ2) is 4.06. The van der Waals surface area contributed by atoms with Crippen molar-refractivity contribution >= 4 is 23.0 Å². The summed E-state index contributed by atoms with van der Waals surface area (Å²) >= 11 is 4.59. The van der Waals surface area contributed by atoms with Crippen molar-refractivity contribution in [3.8, 4) is 5.75 Å². The predicted molar refractivity (Wildman–Crippen MR) is 51.6 cm³/mol. The minimum absolute atomic E-state index is 0.0632. The molecule has 1 rings (SSSR count). The molecular weight excluding hydrogens is 233 g/mol. The van der Waals surface area contributed by atoms with Gasteiger partial charge in [-0.25, -0.2) is 4.39 Å². The van der Waals surface area contributed by atoms with Crippen molar-refractivity contribution in [2.45, 2.75) is 11.7 Å². The normalized spacial score (nSPS) is 13.6. The van der Waals surface area contributed by atoms with Gasteiger partial charge < -0.3 is 16.2 Å². The third kappa shape index (κ3) is 2.82. The van der Waals surface area contributed by atoms with E-state index in [4.69, 9.17) is 11.5 Å². The molecule has 7 heteroatoms. The van der Waals surface area contributed by atoms with Crippen LogP contribution in [-0.4, -0.2) is 11.7 Å². The molecule has 0 amide bonds. The van der Waals surface area contributed by atoms with Crippen LogP contribution in [0, 0.1) is 0 Å². The van der Waals surface area contributed by atoms with Crippen molar-refractivity contribution in [3.63, 3.8) is 0 Å². The molecule has 0 bridgehead atoms. The molecule has 0 aliphatic heterocycles. The molecule has 1 aromatic carbocycles. The Hall–Kier alpha value is -1.30. The van der Waals surface area contributed by atoms with E-state index in [1.807, 2.05) is 0 Å². The van der Waals surface area contributed by atoms with Crippen LogP contribution >= 0.6 is 11.6 Å². The van der Waals surface area contributed by atoms with Gasteiger partial charge in [-0.1, -0.05) is 11.6 Å². The molecule has 0 aliphatic carbocycles. The Morgan fingerprint density at radius 2 is 1.87 bits per heavy atom. The highest BCUT2D eigenvalue weighted by atomic mass is 35.5. The summed E-state index contributed by atoms with van der Waals surface area (Å²) in [5.41, 5.74) is 8.03. The fourth-order valence-electron chi connectivity index (χ4n) is 0.818. The lowest BCUT2D eigenvalue weighted by Gasteiger charge is -2.18. The third-order valence-electron chi connectivity index (χ3n) is 1.57. The smallest absolute Gasteiger partial charge is 0.429 e. The van der Waals surface area contributed by atoms with Gasteiger partial charge in [-0.3, -0.25) is 0 Å². The molecule has 0 fully saturated rings. The highest BCUT2D eigenvalue weighted by Crippen LogP contribution is 2.30. The van der Waals surface area contributed by atoms with E-state index < -0.39 is 11.7 Å². The number of anilines is 2. The average Bonchev–Trinajstić information content (AvgIpc) is 2.10. The first-order valence-electron chi connectivity index (χ1n) is 3.83. The standard InChI is InChI=1S/C8H8ClF3N2O/c9-7(10)8(11,12)15-4-1-2-5(13)6(14)3-4/h1-3,7H,13-14H2. The minimum atomic E-state index is -4.11. The second-order valence-corrected chi connectivity index (χ2v) is 3.14. The maximum Gasteiger partial charge on any atom is 0.444 e. The Kier molecular flexibility index (Phi) is 3.18. The van der Waals surface area contributed by atoms with Gasteiger partial charge in [0.05, 0.1) is 11.4 Å². The SMILES string of the molecule is Nc1ccc(OC(F)(F)C(F)Cl)cc1N. The van der Waals surface area contributed by atoms with Crippen LogP contribution in [0.15, 0.2) is 18.2 Å². The van der Waals surface area contributed by atoms with Crippen molar-refractivity contribution in [2.75, 3.05) is 11.5 Å². The summed E-state index contributed by atoms with van der Waals surface area (Å²) in [5, 5.41) is 0. The number of hydrogen-bond donors (Lipinski definition) is 2. The monoisotopic (exact) mass is 240 g/mol. The molecule has 84 valence electrons. The van der Waals surface area contributed by atoms with Crippen molar-refractivity contribution in [1.29, 1.82) is 0 Å². The molecule has 0 heterocycles. The van der Waals surface area contributed by atoms with Gasteiger partial charge >= 0.3 is 6.11 Å². The van der Waals surface area contributed by atoms with Crippen LogP contribution in [0.25, 0.3) is 0 Å². The van der Waals surface area contributed by atoms with E-state index in [-0.39, 0.29) is 17.1 Å². The van der Waals surface area contributed by atoms with E-state index in [0.29, 0.717) is 0 Å². The van der Waals surface area contributed by atoms with Crippen molar-refractivity contribution in [3.05, 3.63) is 18.2 Å². The van der Waals surface area contributed by atoms with Crippen molar-refractivity contribution in [1.82, 2.24) is 0 Å². The molecule has 0 spiro atoms. The van der Waals surface area contributed by atoms with Crippen LogP contribution in [-0.2, 0) is 0 Å². The Morgan fingerprint density at radius 3 is 2.33 bits per heavy atom. The lowest BCUT2D eigenvalue weighted by molar-refractivity contribution is -0.198. The zero-order chi connectivity index (χ0) is 11.6. The van der Waals surface area contributed by atoms with E-state index in [0.717, 1.165) is 12.1 Å². The van der Waals surface area contributed by atoms with E-state index in [1.165, 1.54) is 6.07 Å². The summed E-state index contributed by atoms with van der Waals surface area (Å²) < 4.78 is 41.5. The Labute approximate surface area is 88.8 Å². The molecule has 0 aromatic heterocycles. The number of rotatable bonds is 3. The van der Waals surface area contributed by atoms with Crippen LogP contribution < -0.4 is 16.2 Å². The molecule has 0 aliphatic rings.